The maximum absolute atomic E-state index is 12.2. The number of hydrogen-bond donors (Lipinski definition) is 2. The molecule has 0 spiro atoms. The van der Waals surface area contributed by atoms with Crippen LogP contribution in [0.5, 0.6) is 0 Å². The lowest BCUT2D eigenvalue weighted by Gasteiger charge is -2.28. The van der Waals surface area contributed by atoms with Crippen molar-refractivity contribution in [2.45, 2.75) is 6.54 Å². The standard InChI is InChI=1S/C12H17N3O/c13-9-10-3-1-2-4-11(10)12(16)15-7-5-14-6-8-15/h1-4,14H,5-9,13H2. The highest BCUT2D eigenvalue weighted by molar-refractivity contribution is 5.95. The van der Waals surface area contributed by atoms with E-state index < -0.39 is 0 Å². The summed E-state index contributed by atoms with van der Waals surface area (Å²) < 4.78 is 0. The van der Waals surface area contributed by atoms with Crippen LogP contribution >= 0.6 is 0 Å². The maximum Gasteiger partial charge on any atom is 0.254 e. The molecule has 1 fully saturated rings. The second-order valence-corrected chi connectivity index (χ2v) is 3.90. The van der Waals surface area contributed by atoms with Crippen LogP contribution < -0.4 is 11.1 Å². The summed E-state index contributed by atoms with van der Waals surface area (Å²) in [5, 5.41) is 3.23. The number of rotatable bonds is 2. The third kappa shape index (κ3) is 2.23. The largest absolute Gasteiger partial charge is 0.336 e. The number of benzene rings is 1. The number of amides is 1. The first-order valence-electron chi connectivity index (χ1n) is 5.61. The number of carbonyl (C=O) groups excluding carboxylic acids is 1. The molecule has 0 atom stereocenters. The van der Waals surface area contributed by atoms with Gasteiger partial charge in [0.05, 0.1) is 0 Å². The summed E-state index contributed by atoms with van der Waals surface area (Å²) in [6.07, 6.45) is 0. The van der Waals surface area contributed by atoms with Crippen molar-refractivity contribution in [3.63, 3.8) is 0 Å². The second-order valence-electron chi connectivity index (χ2n) is 3.90. The van der Waals surface area contributed by atoms with E-state index in [1.54, 1.807) is 0 Å². The van der Waals surface area contributed by atoms with Crippen LogP contribution in [0.1, 0.15) is 15.9 Å². The molecule has 1 aliphatic heterocycles. The summed E-state index contributed by atoms with van der Waals surface area (Å²) in [5.41, 5.74) is 7.30. The lowest BCUT2D eigenvalue weighted by atomic mass is 10.1. The van der Waals surface area contributed by atoms with E-state index in [-0.39, 0.29) is 5.91 Å². The number of carbonyl (C=O) groups is 1. The molecule has 1 heterocycles. The topological polar surface area (TPSA) is 58.4 Å². The van der Waals surface area contributed by atoms with E-state index in [4.69, 9.17) is 5.73 Å². The van der Waals surface area contributed by atoms with Gasteiger partial charge in [-0.15, -0.1) is 0 Å². The molecule has 1 aromatic rings. The number of nitrogens with zero attached hydrogens (tertiary/aromatic N) is 1. The molecule has 0 unspecified atom stereocenters. The molecule has 1 amide bonds. The molecule has 4 nitrogen and oxygen atoms in total. The molecular formula is C12H17N3O. The smallest absolute Gasteiger partial charge is 0.254 e. The molecule has 1 aliphatic rings. The fourth-order valence-corrected chi connectivity index (χ4v) is 1.95. The summed E-state index contributed by atoms with van der Waals surface area (Å²) in [7, 11) is 0. The number of nitrogens with two attached hydrogens (primary N) is 1. The molecule has 0 aliphatic carbocycles. The van der Waals surface area contributed by atoms with Crippen molar-refractivity contribution in [1.82, 2.24) is 10.2 Å². The van der Waals surface area contributed by atoms with E-state index in [1.807, 2.05) is 29.2 Å². The predicted molar refractivity (Wildman–Crippen MR) is 63.1 cm³/mol. The maximum atomic E-state index is 12.2. The first-order chi connectivity index (χ1) is 7.83. The molecule has 0 radical (unpaired) electrons. The van der Waals surface area contributed by atoms with E-state index >= 15 is 0 Å². The Kier molecular flexibility index (Phi) is 3.54. The molecule has 0 aromatic heterocycles. The molecule has 3 N–H and O–H groups in total. The molecule has 1 aromatic carbocycles. The Morgan fingerprint density at radius 3 is 2.69 bits per heavy atom. The van der Waals surface area contributed by atoms with Crippen LogP contribution in [-0.2, 0) is 6.54 Å². The average Bonchev–Trinajstić information content (AvgIpc) is 2.39. The van der Waals surface area contributed by atoms with E-state index in [9.17, 15) is 4.79 Å². The van der Waals surface area contributed by atoms with Gasteiger partial charge in [0, 0.05) is 38.3 Å². The molecular weight excluding hydrogens is 202 g/mol. The summed E-state index contributed by atoms with van der Waals surface area (Å²) in [4.78, 5) is 14.1. The van der Waals surface area contributed by atoms with E-state index in [2.05, 4.69) is 5.32 Å². The van der Waals surface area contributed by atoms with Gasteiger partial charge in [-0.2, -0.15) is 0 Å². The van der Waals surface area contributed by atoms with Gasteiger partial charge in [0.15, 0.2) is 0 Å². The predicted octanol–water partition coefficient (Wildman–Crippen LogP) is 0.191. The van der Waals surface area contributed by atoms with Gasteiger partial charge in [0.25, 0.3) is 5.91 Å². The van der Waals surface area contributed by atoms with Crippen LogP contribution in [-0.4, -0.2) is 37.0 Å². The normalized spacial score (nSPS) is 16.2. The molecule has 4 heteroatoms. The van der Waals surface area contributed by atoms with Gasteiger partial charge in [0.1, 0.15) is 0 Å². The first kappa shape index (κ1) is 11.1. The monoisotopic (exact) mass is 219 g/mol. The van der Waals surface area contributed by atoms with Crippen LogP contribution in [0, 0.1) is 0 Å². The van der Waals surface area contributed by atoms with Crippen LogP contribution in [0.3, 0.4) is 0 Å². The van der Waals surface area contributed by atoms with E-state index in [1.165, 1.54) is 0 Å². The zero-order valence-corrected chi connectivity index (χ0v) is 9.28. The minimum absolute atomic E-state index is 0.0996. The summed E-state index contributed by atoms with van der Waals surface area (Å²) in [6.45, 7) is 3.70. The quantitative estimate of drug-likeness (QED) is 0.746. The van der Waals surface area contributed by atoms with Gasteiger partial charge in [-0.3, -0.25) is 4.79 Å². The zero-order chi connectivity index (χ0) is 11.4. The van der Waals surface area contributed by atoms with E-state index in [0.717, 1.165) is 37.3 Å². The average molecular weight is 219 g/mol. The Balaban J connectivity index is 2.19. The Labute approximate surface area is 95.4 Å². The van der Waals surface area contributed by atoms with Gasteiger partial charge >= 0.3 is 0 Å². The molecule has 86 valence electrons. The Bertz CT molecular complexity index is 372. The highest BCUT2D eigenvalue weighted by Gasteiger charge is 2.19. The third-order valence-corrected chi connectivity index (χ3v) is 2.87. The van der Waals surface area contributed by atoms with Gasteiger partial charge in [-0.1, -0.05) is 18.2 Å². The van der Waals surface area contributed by atoms with Crippen molar-refractivity contribution < 1.29 is 4.79 Å². The van der Waals surface area contributed by atoms with Crippen molar-refractivity contribution in [3.8, 4) is 0 Å². The summed E-state index contributed by atoms with van der Waals surface area (Å²) in [6, 6.07) is 7.56. The highest BCUT2D eigenvalue weighted by atomic mass is 16.2. The van der Waals surface area contributed by atoms with Crippen molar-refractivity contribution >= 4 is 5.91 Å². The van der Waals surface area contributed by atoms with Gasteiger partial charge in [0.2, 0.25) is 0 Å². The number of nitrogens with one attached hydrogen (secondary N) is 1. The zero-order valence-electron chi connectivity index (χ0n) is 9.28. The van der Waals surface area contributed by atoms with Crippen LogP contribution in [0.4, 0.5) is 0 Å². The summed E-state index contributed by atoms with van der Waals surface area (Å²) >= 11 is 0. The highest BCUT2D eigenvalue weighted by Crippen LogP contribution is 2.11. The molecule has 1 saturated heterocycles. The van der Waals surface area contributed by atoms with Crippen LogP contribution in [0.25, 0.3) is 0 Å². The van der Waals surface area contributed by atoms with Crippen molar-refractivity contribution in [2.24, 2.45) is 5.73 Å². The summed E-state index contributed by atoms with van der Waals surface area (Å²) in [5.74, 6) is 0.0996. The minimum Gasteiger partial charge on any atom is -0.336 e. The molecule has 0 bridgehead atoms. The molecule has 16 heavy (non-hydrogen) atoms. The lowest BCUT2D eigenvalue weighted by molar-refractivity contribution is 0.0734. The van der Waals surface area contributed by atoms with Crippen molar-refractivity contribution in [2.75, 3.05) is 26.2 Å². The Morgan fingerprint density at radius 2 is 2.00 bits per heavy atom. The SMILES string of the molecule is NCc1ccccc1C(=O)N1CCNCC1. The number of piperazine rings is 1. The Hall–Kier alpha value is -1.39. The van der Waals surface area contributed by atoms with Gasteiger partial charge in [-0.05, 0) is 11.6 Å². The van der Waals surface area contributed by atoms with Gasteiger partial charge in [-0.25, -0.2) is 0 Å². The van der Waals surface area contributed by atoms with Crippen LogP contribution in [0.2, 0.25) is 0 Å². The van der Waals surface area contributed by atoms with E-state index in [0.29, 0.717) is 6.54 Å². The fraction of sp³-hybridized carbons (Fsp3) is 0.417. The Morgan fingerprint density at radius 1 is 1.31 bits per heavy atom. The second kappa shape index (κ2) is 5.09. The fourth-order valence-electron chi connectivity index (χ4n) is 1.95. The molecule has 0 saturated carbocycles. The lowest BCUT2D eigenvalue weighted by Crippen LogP contribution is -2.46. The van der Waals surface area contributed by atoms with Crippen molar-refractivity contribution in [3.05, 3.63) is 35.4 Å². The first-order valence-corrected chi connectivity index (χ1v) is 5.61. The number of hydrogen-bond acceptors (Lipinski definition) is 3. The minimum atomic E-state index is 0.0996. The van der Waals surface area contributed by atoms with Crippen molar-refractivity contribution in [1.29, 1.82) is 0 Å². The van der Waals surface area contributed by atoms with Gasteiger partial charge < -0.3 is 16.0 Å². The molecule has 2 rings (SSSR count). The van der Waals surface area contributed by atoms with Crippen LogP contribution in [0.15, 0.2) is 24.3 Å². The third-order valence-electron chi connectivity index (χ3n) is 2.87.